The summed E-state index contributed by atoms with van der Waals surface area (Å²) in [6.45, 7) is 1.89. The maximum Gasteiger partial charge on any atom is 0.337 e. The molecule has 6 nitrogen and oxygen atoms in total. The molecule has 0 saturated heterocycles. The van der Waals surface area contributed by atoms with E-state index < -0.39 is 18.1 Å². The fourth-order valence-electron chi connectivity index (χ4n) is 1.89. The number of hydrogen-bond donors (Lipinski definition) is 4. The van der Waals surface area contributed by atoms with Gasteiger partial charge in [0.25, 0.3) is 0 Å². The Bertz CT molecular complexity index is 683. The Morgan fingerprint density at radius 2 is 1.64 bits per heavy atom. The molecule has 0 saturated carbocycles. The molecule has 0 fully saturated rings. The van der Waals surface area contributed by atoms with Crippen LogP contribution in [0.25, 0.3) is 0 Å². The van der Waals surface area contributed by atoms with Crippen LogP contribution in [0, 0.1) is 6.92 Å². The summed E-state index contributed by atoms with van der Waals surface area (Å²) in [7, 11) is 0. The number of para-hydroxylation sites is 1. The topological polar surface area (TPSA) is 98.7 Å². The number of rotatable bonds is 4. The number of aliphatic hydroxyl groups excluding tert-OH is 1. The van der Waals surface area contributed by atoms with Crippen molar-refractivity contribution in [2.75, 3.05) is 10.6 Å². The van der Waals surface area contributed by atoms with E-state index in [9.17, 15) is 14.7 Å². The summed E-state index contributed by atoms with van der Waals surface area (Å²) in [4.78, 5) is 22.6. The van der Waals surface area contributed by atoms with Gasteiger partial charge >= 0.3 is 12.0 Å². The summed E-state index contributed by atoms with van der Waals surface area (Å²) < 4.78 is 0. The molecule has 0 aliphatic heterocycles. The average molecular weight is 300 g/mol. The van der Waals surface area contributed by atoms with Crippen LogP contribution in [-0.2, 0) is 4.79 Å². The van der Waals surface area contributed by atoms with Crippen LogP contribution in [0.5, 0.6) is 0 Å². The predicted octanol–water partition coefficient (Wildman–Crippen LogP) is 2.76. The molecule has 0 aliphatic rings. The lowest BCUT2D eigenvalue weighted by atomic mass is 10.1. The van der Waals surface area contributed by atoms with E-state index in [1.807, 2.05) is 25.1 Å². The lowest BCUT2D eigenvalue weighted by Crippen LogP contribution is -2.20. The van der Waals surface area contributed by atoms with E-state index in [0.29, 0.717) is 11.4 Å². The lowest BCUT2D eigenvalue weighted by molar-refractivity contribution is -0.146. The Hall–Kier alpha value is -2.86. The minimum Gasteiger partial charge on any atom is -0.479 e. The molecule has 1 atom stereocenters. The van der Waals surface area contributed by atoms with Crippen molar-refractivity contribution in [2.24, 2.45) is 0 Å². The van der Waals surface area contributed by atoms with Gasteiger partial charge in [-0.05, 0) is 36.2 Å². The lowest BCUT2D eigenvalue weighted by Gasteiger charge is -2.11. The number of carbonyl (C=O) groups excluding carboxylic acids is 1. The van der Waals surface area contributed by atoms with Gasteiger partial charge in [0.15, 0.2) is 6.10 Å². The zero-order chi connectivity index (χ0) is 16.1. The van der Waals surface area contributed by atoms with Crippen LogP contribution in [0.3, 0.4) is 0 Å². The maximum atomic E-state index is 11.9. The van der Waals surface area contributed by atoms with E-state index in [-0.39, 0.29) is 5.56 Å². The highest BCUT2D eigenvalue weighted by molar-refractivity contribution is 6.00. The Morgan fingerprint density at radius 3 is 2.23 bits per heavy atom. The second kappa shape index (κ2) is 6.73. The summed E-state index contributed by atoms with van der Waals surface area (Å²) in [5.74, 6) is -1.32. The molecule has 0 heterocycles. The molecular weight excluding hydrogens is 284 g/mol. The number of anilines is 2. The van der Waals surface area contributed by atoms with Crippen molar-refractivity contribution in [3.63, 3.8) is 0 Å². The van der Waals surface area contributed by atoms with Crippen LogP contribution < -0.4 is 10.6 Å². The van der Waals surface area contributed by atoms with Crippen LogP contribution >= 0.6 is 0 Å². The Balaban J connectivity index is 2.00. The Morgan fingerprint density at radius 1 is 1.00 bits per heavy atom. The van der Waals surface area contributed by atoms with Crippen LogP contribution in [0.2, 0.25) is 0 Å². The fourth-order valence-corrected chi connectivity index (χ4v) is 1.89. The predicted molar refractivity (Wildman–Crippen MR) is 82.9 cm³/mol. The first-order valence-electron chi connectivity index (χ1n) is 6.62. The van der Waals surface area contributed by atoms with Gasteiger partial charge in [0.1, 0.15) is 0 Å². The van der Waals surface area contributed by atoms with Crippen molar-refractivity contribution in [1.82, 2.24) is 0 Å². The first-order chi connectivity index (χ1) is 10.5. The number of urea groups is 1. The largest absolute Gasteiger partial charge is 0.479 e. The first kappa shape index (κ1) is 15.5. The number of carboxylic acids is 1. The smallest absolute Gasteiger partial charge is 0.337 e. The molecule has 2 aromatic carbocycles. The van der Waals surface area contributed by atoms with Gasteiger partial charge in [-0.1, -0.05) is 30.3 Å². The molecule has 0 radical (unpaired) electrons. The van der Waals surface area contributed by atoms with Crippen molar-refractivity contribution < 1.29 is 19.8 Å². The molecule has 4 N–H and O–H groups in total. The van der Waals surface area contributed by atoms with Crippen molar-refractivity contribution in [3.05, 3.63) is 59.7 Å². The van der Waals surface area contributed by atoms with Gasteiger partial charge in [-0.25, -0.2) is 9.59 Å². The first-order valence-corrected chi connectivity index (χ1v) is 6.62. The number of aliphatic carboxylic acids is 1. The van der Waals surface area contributed by atoms with Crippen molar-refractivity contribution >= 4 is 23.4 Å². The third-order valence-corrected chi connectivity index (χ3v) is 3.11. The Labute approximate surface area is 127 Å². The van der Waals surface area contributed by atoms with Gasteiger partial charge in [-0.15, -0.1) is 0 Å². The molecule has 0 spiro atoms. The quantitative estimate of drug-likeness (QED) is 0.697. The normalized spacial score (nSPS) is 11.5. The minimum absolute atomic E-state index is 0.248. The van der Waals surface area contributed by atoms with Crippen molar-refractivity contribution in [1.29, 1.82) is 0 Å². The zero-order valence-corrected chi connectivity index (χ0v) is 11.9. The average Bonchev–Trinajstić information content (AvgIpc) is 2.49. The summed E-state index contributed by atoms with van der Waals surface area (Å²) >= 11 is 0. The standard InChI is InChI=1S/C16H16N2O4/c1-10-4-2-3-5-13(10)18-16(22)17-12-8-6-11(7-9-12)14(19)15(20)21/h2-9,14,19H,1H3,(H,20,21)(H2,17,18,22). The number of amides is 2. The second-order valence-corrected chi connectivity index (χ2v) is 4.76. The maximum absolute atomic E-state index is 11.9. The Kier molecular flexibility index (Phi) is 4.75. The van der Waals surface area contributed by atoms with E-state index in [1.54, 1.807) is 6.07 Å². The molecule has 1 unspecified atom stereocenters. The molecule has 2 rings (SSSR count). The highest BCUT2D eigenvalue weighted by Crippen LogP contribution is 2.17. The molecular formula is C16H16N2O4. The monoisotopic (exact) mass is 300 g/mol. The number of aryl methyl sites for hydroxylation is 1. The summed E-state index contributed by atoms with van der Waals surface area (Å²) in [5, 5.41) is 23.5. The van der Waals surface area contributed by atoms with E-state index in [1.165, 1.54) is 24.3 Å². The summed E-state index contributed by atoms with van der Waals surface area (Å²) in [6.07, 6.45) is -1.57. The molecule has 2 aromatic rings. The SMILES string of the molecule is Cc1ccccc1NC(=O)Nc1ccc(C(O)C(=O)O)cc1. The number of carboxylic acid groups (broad SMARTS) is 1. The number of benzene rings is 2. The van der Waals surface area contributed by atoms with Crippen molar-refractivity contribution in [2.45, 2.75) is 13.0 Å². The third kappa shape index (κ3) is 3.83. The molecule has 22 heavy (non-hydrogen) atoms. The number of carbonyl (C=O) groups is 2. The van der Waals surface area contributed by atoms with Crippen LogP contribution in [0.15, 0.2) is 48.5 Å². The van der Waals surface area contributed by atoms with Crippen LogP contribution in [-0.4, -0.2) is 22.2 Å². The van der Waals surface area contributed by atoms with E-state index in [0.717, 1.165) is 5.56 Å². The van der Waals surface area contributed by atoms with Gasteiger partial charge in [-0.2, -0.15) is 0 Å². The number of hydrogen-bond acceptors (Lipinski definition) is 3. The van der Waals surface area contributed by atoms with Crippen LogP contribution in [0.4, 0.5) is 16.2 Å². The number of nitrogens with one attached hydrogen (secondary N) is 2. The second-order valence-electron chi connectivity index (χ2n) is 4.76. The highest BCUT2D eigenvalue weighted by Gasteiger charge is 2.15. The fraction of sp³-hybridized carbons (Fsp3) is 0.125. The van der Waals surface area contributed by atoms with Crippen molar-refractivity contribution in [3.8, 4) is 0 Å². The summed E-state index contributed by atoms with van der Waals surface area (Å²) in [5.41, 5.74) is 2.39. The highest BCUT2D eigenvalue weighted by atomic mass is 16.4. The molecule has 2 amide bonds. The molecule has 0 bridgehead atoms. The van der Waals surface area contributed by atoms with Gasteiger partial charge < -0.3 is 20.8 Å². The summed E-state index contributed by atoms with van der Waals surface area (Å²) in [6, 6.07) is 12.9. The van der Waals surface area contributed by atoms with E-state index in [2.05, 4.69) is 10.6 Å². The van der Waals surface area contributed by atoms with E-state index in [4.69, 9.17) is 5.11 Å². The zero-order valence-electron chi connectivity index (χ0n) is 11.9. The van der Waals surface area contributed by atoms with E-state index >= 15 is 0 Å². The molecule has 0 aromatic heterocycles. The van der Waals surface area contributed by atoms with Gasteiger partial charge in [0.2, 0.25) is 0 Å². The minimum atomic E-state index is -1.57. The third-order valence-electron chi connectivity index (χ3n) is 3.11. The van der Waals surface area contributed by atoms with Gasteiger partial charge in [0, 0.05) is 11.4 Å². The van der Waals surface area contributed by atoms with Gasteiger partial charge in [0.05, 0.1) is 0 Å². The van der Waals surface area contributed by atoms with Gasteiger partial charge in [-0.3, -0.25) is 0 Å². The van der Waals surface area contributed by atoms with Crippen LogP contribution in [0.1, 0.15) is 17.2 Å². The number of aliphatic hydroxyl groups is 1. The molecule has 0 aliphatic carbocycles. The molecule has 114 valence electrons. The molecule has 6 heteroatoms.